The number of rotatable bonds is 4. The molecule has 0 aliphatic rings. The molecule has 2 N–H and O–H groups in total. The molecule has 1 unspecified atom stereocenters. The van der Waals surface area contributed by atoms with E-state index in [-0.39, 0.29) is 16.7 Å². The Balaban J connectivity index is 1.70. The standard InChI is InChI=1S/C16H13ClF3N7O/c1-9(13-23-8-24-27(13)14-21-5-2-6-22-14)25-15(28)26-12-4-3-10(7-11(12)17)16(18,19)20/h2-9H,1H3,(H2,25,26,28). The van der Waals surface area contributed by atoms with Gasteiger partial charge in [0.05, 0.1) is 22.3 Å². The molecule has 8 nitrogen and oxygen atoms in total. The molecule has 3 aromatic rings. The van der Waals surface area contributed by atoms with Gasteiger partial charge in [-0.25, -0.2) is 19.7 Å². The Labute approximate surface area is 161 Å². The minimum atomic E-state index is -4.53. The average molecular weight is 412 g/mol. The minimum Gasteiger partial charge on any atom is -0.328 e. The first-order chi connectivity index (χ1) is 13.3. The van der Waals surface area contributed by atoms with Crippen LogP contribution in [-0.4, -0.2) is 30.8 Å². The summed E-state index contributed by atoms with van der Waals surface area (Å²) >= 11 is 5.84. The molecule has 1 atom stereocenters. The Bertz CT molecular complexity index is 978. The van der Waals surface area contributed by atoms with Crippen molar-refractivity contribution >= 4 is 23.3 Å². The Hall–Kier alpha value is -3.21. The van der Waals surface area contributed by atoms with Crippen LogP contribution >= 0.6 is 11.6 Å². The largest absolute Gasteiger partial charge is 0.416 e. The van der Waals surface area contributed by atoms with Gasteiger partial charge in [0.1, 0.15) is 6.33 Å². The van der Waals surface area contributed by atoms with Crippen LogP contribution in [0.4, 0.5) is 23.7 Å². The molecule has 146 valence electrons. The van der Waals surface area contributed by atoms with Crippen LogP contribution in [0.25, 0.3) is 5.95 Å². The zero-order valence-electron chi connectivity index (χ0n) is 14.3. The fraction of sp³-hybridized carbons (Fsp3) is 0.188. The highest BCUT2D eigenvalue weighted by molar-refractivity contribution is 6.33. The molecule has 0 saturated heterocycles. The van der Waals surface area contributed by atoms with E-state index in [0.29, 0.717) is 5.82 Å². The summed E-state index contributed by atoms with van der Waals surface area (Å²) in [6.07, 6.45) is -0.173. The van der Waals surface area contributed by atoms with E-state index < -0.39 is 23.8 Å². The van der Waals surface area contributed by atoms with Crippen LogP contribution in [0.2, 0.25) is 5.02 Å². The maximum atomic E-state index is 12.7. The van der Waals surface area contributed by atoms with E-state index in [0.717, 1.165) is 18.2 Å². The SMILES string of the molecule is CC(NC(=O)Nc1ccc(C(F)(F)F)cc1Cl)c1ncnn1-c1ncccn1. The number of hydrogen-bond acceptors (Lipinski definition) is 5. The molecule has 1 aromatic carbocycles. The number of hydrogen-bond donors (Lipinski definition) is 2. The number of anilines is 1. The van der Waals surface area contributed by atoms with Crippen molar-refractivity contribution in [1.82, 2.24) is 30.0 Å². The zero-order chi connectivity index (χ0) is 20.3. The number of carbonyl (C=O) groups is 1. The number of alkyl halides is 3. The summed E-state index contributed by atoms with van der Waals surface area (Å²) in [6.45, 7) is 1.65. The highest BCUT2D eigenvalue weighted by atomic mass is 35.5. The number of aromatic nitrogens is 5. The number of carbonyl (C=O) groups excluding carboxylic acids is 1. The maximum Gasteiger partial charge on any atom is 0.416 e. The molecule has 2 heterocycles. The van der Waals surface area contributed by atoms with Crippen LogP contribution < -0.4 is 10.6 Å². The fourth-order valence-corrected chi connectivity index (χ4v) is 2.54. The normalized spacial score (nSPS) is 12.5. The second-order valence-electron chi connectivity index (χ2n) is 5.59. The van der Waals surface area contributed by atoms with Crippen molar-refractivity contribution < 1.29 is 18.0 Å². The third-order valence-electron chi connectivity index (χ3n) is 3.60. The number of amides is 2. The molecule has 3 rings (SSSR count). The van der Waals surface area contributed by atoms with Crippen molar-refractivity contribution in [3.63, 3.8) is 0 Å². The Morgan fingerprint density at radius 2 is 1.93 bits per heavy atom. The smallest absolute Gasteiger partial charge is 0.328 e. The quantitative estimate of drug-likeness (QED) is 0.683. The highest BCUT2D eigenvalue weighted by Crippen LogP contribution is 2.33. The molecule has 0 aliphatic heterocycles. The van der Waals surface area contributed by atoms with Gasteiger partial charge >= 0.3 is 12.2 Å². The van der Waals surface area contributed by atoms with E-state index in [4.69, 9.17) is 11.6 Å². The fourth-order valence-electron chi connectivity index (χ4n) is 2.31. The van der Waals surface area contributed by atoms with Crippen LogP contribution in [0.1, 0.15) is 24.4 Å². The summed E-state index contributed by atoms with van der Waals surface area (Å²) in [7, 11) is 0. The summed E-state index contributed by atoms with van der Waals surface area (Å²) in [5.74, 6) is 0.634. The van der Waals surface area contributed by atoms with Gasteiger partial charge in [-0.3, -0.25) is 0 Å². The molecule has 0 fully saturated rings. The molecule has 0 radical (unpaired) electrons. The van der Waals surface area contributed by atoms with Crippen LogP contribution in [0, 0.1) is 0 Å². The predicted molar refractivity (Wildman–Crippen MR) is 94.0 cm³/mol. The summed E-state index contributed by atoms with van der Waals surface area (Å²) in [4.78, 5) is 24.4. The van der Waals surface area contributed by atoms with Gasteiger partial charge < -0.3 is 10.6 Å². The van der Waals surface area contributed by atoms with Crippen LogP contribution in [0.5, 0.6) is 0 Å². The second-order valence-corrected chi connectivity index (χ2v) is 6.00. The van der Waals surface area contributed by atoms with Gasteiger partial charge in [-0.15, -0.1) is 0 Å². The third-order valence-corrected chi connectivity index (χ3v) is 3.91. The number of benzene rings is 1. The Morgan fingerprint density at radius 1 is 1.21 bits per heavy atom. The number of nitrogens with one attached hydrogen (secondary N) is 2. The van der Waals surface area contributed by atoms with E-state index in [9.17, 15) is 18.0 Å². The van der Waals surface area contributed by atoms with Gasteiger partial charge in [0.25, 0.3) is 5.95 Å². The molecular formula is C16H13ClF3N7O. The first-order valence-corrected chi connectivity index (χ1v) is 8.25. The lowest BCUT2D eigenvalue weighted by Crippen LogP contribution is -2.32. The second kappa shape index (κ2) is 7.80. The average Bonchev–Trinajstić information content (AvgIpc) is 3.13. The molecule has 0 bridgehead atoms. The monoisotopic (exact) mass is 411 g/mol. The molecule has 0 aliphatic carbocycles. The van der Waals surface area contributed by atoms with Crippen molar-refractivity contribution in [2.75, 3.05) is 5.32 Å². The maximum absolute atomic E-state index is 12.7. The van der Waals surface area contributed by atoms with Gasteiger partial charge in [0, 0.05) is 12.4 Å². The third kappa shape index (κ3) is 4.36. The van der Waals surface area contributed by atoms with Gasteiger partial charge in [-0.05, 0) is 31.2 Å². The highest BCUT2D eigenvalue weighted by Gasteiger charge is 2.31. The van der Waals surface area contributed by atoms with Crippen LogP contribution in [0.15, 0.2) is 43.0 Å². The lowest BCUT2D eigenvalue weighted by Gasteiger charge is -2.15. The molecule has 0 saturated carbocycles. The van der Waals surface area contributed by atoms with Gasteiger partial charge in [-0.2, -0.15) is 23.0 Å². The summed E-state index contributed by atoms with van der Waals surface area (Å²) in [6, 6.07) is 2.99. The van der Waals surface area contributed by atoms with Crippen molar-refractivity contribution in [3.8, 4) is 5.95 Å². The number of urea groups is 1. The lowest BCUT2D eigenvalue weighted by atomic mass is 10.2. The van der Waals surface area contributed by atoms with Crippen LogP contribution in [-0.2, 0) is 6.18 Å². The van der Waals surface area contributed by atoms with E-state index in [1.807, 2.05) is 0 Å². The lowest BCUT2D eigenvalue weighted by molar-refractivity contribution is -0.137. The predicted octanol–water partition coefficient (Wildman–Crippen LogP) is 3.61. The Morgan fingerprint density at radius 3 is 2.57 bits per heavy atom. The number of halogens is 4. The zero-order valence-corrected chi connectivity index (χ0v) is 15.0. The van der Waals surface area contributed by atoms with Crippen molar-refractivity contribution in [2.24, 2.45) is 0 Å². The molecule has 0 spiro atoms. The van der Waals surface area contributed by atoms with E-state index in [1.165, 1.54) is 23.4 Å². The number of nitrogens with zero attached hydrogens (tertiary/aromatic N) is 5. The molecular weight excluding hydrogens is 399 g/mol. The summed E-state index contributed by atoms with van der Waals surface area (Å²) in [5.41, 5.74) is -0.875. The summed E-state index contributed by atoms with van der Waals surface area (Å²) < 4.78 is 39.4. The van der Waals surface area contributed by atoms with Gasteiger partial charge in [0.2, 0.25) is 0 Å². The van der Waals surface area contributed by atoms with Gasteiger partial charge in [0.15, 0.2) is 5.82 Å². The van der Waals surface area contributed by atoms with E-state index in [2.05, 4.69) is 30.7 Å². The van der Waals surface area contributed by atoms with E-state index in [1.54, 1.807) is 13.0 Å². The topological polar surface area (TPSA) is 97.6 Å². The molecule has 2 amide bonds. The van der Waals surface area contributed by atoms with Crippen molar-refractivity contribution in [1.29, 1.82) is 0 Å². The van der Waals surface area contributed by atoms with Crippen LogP contribution in [0.3, 0.4) is 0 Å². The van der Waals surface area contributed by atoms with Gasteiger partial charge in [-0.1, -0.05) is 11.6 Å². The van der Waals surface area contributed by atoms with Crippen molar-refractivity contribution in [2.45, 2.75) is 19.1 Å². The first-order valence-electron chi connectivity index (χ1n) is 7.87. The summed E-state index contributed by atoms with van der Waals surface area (Å²) in [5, 5.41) is 8.80. The molecule has 12 heteroatoms. The van der Waals surface area contributed by atoms with E-state index >= 15 is 0 Å². The first kappa shape index (κ1) is 19.5. The molecule has 28 heavy (non-hydrogen) atoms. The molecule has 2 aromatic heterocycles. The Kier molecular flexibility index (Phi) is 5.45. The van der Waals surface area contributed by atoms with Crippen molar-refractivity contribution in [3.05, 3.63) is 59.4 Å². The minimum absolute atomic E-state index is 0.0345.